The first-order valence-corrected chi connectivity index (χ1v) is 10.3. The van der Waals surface area contributed by atoms with Crippen LogP contribution in [-0.4, -0.2) is 38.7 Å². The van der Waals surface area contributed by atoms with E-state index in [1.54, 1.807) is 0 Å². The minimum Gasteiger partial charge on any atom is -0.338 e. The Morgan fingerprint density at radius 1 is 1.08 bits per heavy atom. The van der Waals surface area contributed by atoms with Crippen LogP contribution in [0.3, 0.4) is 0 Å². The summed E-state index contributed by atoms with van der Waals surface area (Å²) in [4.78, 5) is 15.0. The van der Waals surface area contributed by atoms with Crippen LogP contribution in [0.1, 0.15) is 60.0 Å². The van der Waals surface area contributed by atoms with Gasteiger partial charge in [0, 0.05) is 35.5 Å². The van der Waals surface area contributed by atoms with Crippen molar-refractivity contribution in [3.8, 4) is 0 Å². The Hall–Kier alpha value is -1.44. The maximum atomic E-state index is 13.0. The van der Waals surface area contributed by atoms with E-state index in [2.05, 4.69) is 37.4 Å². The molecule has 132 valence electrons. The van der Waals surface area contributed by atoms with Gasteiger partial charge < -0.3 is 9.47 Å². The van der Waals surface area contributed by atoms with Crippen LogP contribution in [-0.2, 0) is 13.0 Å². The van der Waals surface area contributed by atoms with Gasteiger partial charge in [0.25, 0.3) is 5.91 Å². The predicted octanol–water partition coefficient (Wildman–Crippen LogP) is 3.63. The van der Waals surface area contributed by atoms with E-state index in [1.165, 1.54) is 19.3 Å². The molecule has 0 spiro atoms. The van der Waals surface area contributed by atoms with Gasteiger partial charge in [-0.05, 0) is 60.4 Å². The number of carbonyl (C=O) groups excluding carboxylic acids is 1. The summed E-state index contributed by atoms with van der Waals surface area (Å²) in [5.41, 5.74) is 0.809. The fourth-order valence-electron chi connectivity index (χ4n) is 3.99. The smallest absolute Gasteiger partial charge is 0.254 e. The third-order valence-corrected chi connectivity index (χ3v) is 6.26. The summed E-state index contributed by atoms with van der Waals surface area (Å²) < 4.78 is 3.35. The maximum Gasteiger partial charge on any atom is 0.254 e. The molecule has 1 fully saturated rings. The van der Waals surface area contributed by atoms with Gasteiger partial charge in [-0.3, -0.25) is 4.79 Å². The molecule has 25 heavy (non-hydrogen) atoms. The summed E-state index contributed by atoms with van der Waals surface area (Å²) in [7, 11) is 0. The molecule has 1 aromatic heterocycles. The normalized spacial score (nSPS) is 20.8. The molecule has 2 aromatic rings. The second-order valence-corrected chi connectivity index (χ2v) is 8.17. The minimum absolute atomic E-state index is 0.144. The summed E-state index contributed by atoms with van der Waals surface area (Å²) >= 11 is 2.25. The Morgan fingerprint density at radius 2 is 1.96 bits per heavy atom. The van der Waals surface area contributed by atoms with E-state index in [0.717, 1.165) is 59.7 Å². The number of carbonyl (C=O) groups is 1. The Bertz CT molecular complexity index is 773. The lowest BCUT2D eigenvalue weighted by Crippen LogP contribution is -2.40. The van der Waals surface area contributed by atoms with Crippen molar-refractivity contribution < 1.29 is 4.79 Å². The third-order valence-electron chi connectivity index (χ3n) is 5.32. The number of fused-ring (bicyclic) bond motifs is 1. The number of rotatable bonds is 2. The molecule has 1 aromatic carbocycles. The molecule has 0 N–H and O–H groups in total. The van der Waals surface area contributed by atoms with Crippen molar-refractivity contribution in [3.05, 3.63) is 45.0 Å². The highest BCUT2D eigenvalue weighted by Gasteiger charge is 2.30. The summed E-state index contributed by atoms with van der Waals surface area (Å²) in [5, 5.41) is 8.96. The van der Waals surface area contributed by atoms with Gasteiger partial charge in [-0.25, -0.2) is 0 Å². The summed E-state index contributed by atoms with van der Waals surface area (Å²) in [6.45, 7) is 2.61. The molecule has 1 unspecified atom stereocenters. The van der Waals surface area contributed by atoms with E-state index in [1.807, 2.05) is 29.2 Å². The average molecular weight is 450 g/mol. The largest absolute Gasteiger partial charge is 0.338 e. The molecule has 4 rings (SSSR count). The summed E-state index contributed by atoms with van der Waals surface area (Å²) in [5.74, 6) is 2.68. The van der Waals surface area contributed by atoms with Crippen LogP contribution < -0.4 is 0 Å². The summed E-state index contributed by atoms with van der Waals surface area (Å²) in [6.07, 6.45) is 6.83. The quantitative estimate of drug-likeness (QED) is 0.657. The standard InChI is InChI=1S/C19H23IN4O/c20-16-9-4-3-8-15(16)19(25)23-11-6-7-14(13-23)18-22-21-17-10-2-1-5-12-24(17)18/h3-4,8-9,14H,1-2,5-7,10-13H2. The Morgan fingerprint density at radius 3 is 2.84 bits per heavy atom. The molecular formula is C19H23IN4O. The van der Waals surface area contributed by atoms with Crippen molar-refractivity contribution in [3.63, 3.8) is 0 Å². The van der Waals surface area contributed by atoms with Crippen LogP contribution in [0.2, 0.25) is 0 Å². The zero-order valence-corrected chi connectivity index (χ0v) is 16.5. The number of likely N-dealkylation sites (tertiary alicyclic amines) is 1. The van der Waals surface area contributed by atoms with E-state index in [-0.39, 0.29) is 5.91 Å². The van der Waals surface area contributed by atoms with Gasteiger partial charge in [0.15, 0.2) is 0 Å². The van der Waals surface area contributed by atoms with Crippen molar-refractivity contribution in [2.75, 3.05) is 13.1 Å². The molecular weight excluding hydrogens is 427 g/mol. The molecule has 0 radical (unpaired) electrons. The SMILES string of the molecule is O=C(c1ccccc1I)N1CCCC(c2nnc3n2CCCCC3)C1. The number of halogens is 1. The molecule has 1 atom stereocenters. The lowest BCUT2D eigenvalue weighted by Gasteiger charge is -2.32. The van der Waals surface area contributed by atoms with Gasteiger partial charge in [0.1, 0.15) is 11.6 Å². The molecule has 1 amide bonds. The number of nitrogens with zero attached hydrogens (tertiary/aromatic N) is 4. The van der Waals surface area contributed by atoms with E-state index in [4.69, 9.17) is 0 Å². The van der Waals surface area contributed by atoms with Crippen LogP contribution >= 0.6 is 22.6 Å². The van der Waals surface area contributed by atoms with Gasteiger partial charge in [0.2, 0.25) is 0 Å². The van der Waals surface area contributed by atoms with Crippen LogP contribution in [0.15, 0.2) is 24.3 Å². The average Bonchev–Trinajstić information content (AvgIpc) is 2.90. The van der Waals surface area contributed by atoms with Crippen molar-refractivity contribution >= 4 is 28.5 Å². The van der Waals surface area contributed by atoms with E-state index in [9.17, 15) is 4.79 Å². The number of hydrogen-bond donors (Lipinski definition) is 0. The Kier molecular flexibility index (Phi) is 5.05. The molecule has 0 saturated carbocycles. The number of piperidine rings is 1. The number of amides is 1. The predicted molar refractivity (Wildman–Crippen MR) is 105 cm³/mol. The molecule has 0 bridgehead atoms. The highest BCUT2D eigenvalue weighted by Crippen LogP contribution is 2.29. The van der Waals surface area contributed by atoms with Gasteiger partial charge >= 0.3 is 0 Å². The summed E-state index contributed by atoms with van der Waals surface area (Å²) in [6, 6.07) is 7.84. The molecule has 5 nitrogen and oxygen atoms in total. The lowest BCUT2D eigenvalue weighted by molar-refractivity contribution is 0.0702. The van der Waals surface area contributed by atoms with E-state index in [0.29, 0.717) is 5.92 Å². The minimum atomic E-state index is 0.144. The molecule has 2 aliphatic heterocycles. The first kappa shape index (κ1) is 17.0. The highest BCUT2D eigenvalue weighted by molar-refractivity contribution is 14.1. The highest BCUT2D eigenvalue weighted by atomic mass is 127. The Balaban J connectivity index is 1.55. The second-order valence-electron chi connectivity index (χ2n) is 7.01. The van der Waals surface area contributed by atoms with Gasteiger partial charge in [-0.1, -0.05) is 18.6 Å². The van der Waals surface area contributed by atoms with Crippen LogP contribution in [0.25, 0.3) is 0 Å². The Labute approximate surface area is 162 Å². The van der Waals surface area contributed by atoms with Crippen molar-refractivity contribution in [1.82, 2.24) is 19.7 Å². The molecule has 2 aliphatic rings. The number of aryl methyl sites for hydroxylation is 1. The van der Waals surface area contributed by atoms with Gasteiger partial charge in [-0.15, -0.1) is 10.2 Å². The van der Waals surface area contributed by atoms with Crippen LogP contribution in [0.4, 0.5) is 0 Å². The first-order valence-electron chi connectivity index (χ1n) is 9.20. The lowest BCUT2D eigenvalue weighted by atomic mass is 9.96. The number of benzene rings is 1. The van der Waals surface area contributed by atoms with E-state index >= 15 is 0 Å². The molecule has 6 heteroatoms. The third kappa shape index (κ3) is 3.45. The van der Waals surface area contributed by atoms with Crippen molar-refractivity contribution in [2.24, 2.45) is 0 Å². The number of hydrogen-bond acceptors (Lipinski definition) is 3. The first-order chi connectivity index (χ1) is 12.2. The van der Waals surface area contributed by atoms with Crippen molar-refractivity contribution in [1.29, 1.82) is 0 Å². The molecule has 1 saturated heterocycles. The van der Waals surface area contributed by atoms with Gasteiger partial charge in [0.05, 0.1) is 5.56 Å². The second kappa shape index (κ2) is 7.43. The van der Waals surface area contributed by atoms with E-state index < -0.39 is 0 Å². The topological polar surface area (TPSA) is 51.0 Å². The monoisotopic (exact) mass is 450 g/mol. The van der Waals surface area contributed by atoms with Crippen molar-refractivity contribution in [2.45, 2.75) is 51.0 Å². The van der Waals surface area contributed by atoms with Gasteiger partial charge in [-0.2, -0.15) is 0 Å². The molecule has 3 heterocycles. The zero-order chi connectivity index (χ0) is 17.2. The van der Waals surface area contributed by atoms with Crippen LogP contribution in [0.5, 0.6) is 0 Å². The molecule has 0 aliphatic carbocycles. The maximum absolute atomic E-state index is 13.0. The number of aromatic nitrogens is 3. The fourth-order valence-corrected chi connectivity index (χ4v) is 4.61. The fraction of sp³-hybridized carbons (Fsp3) is 0.526. The zero-order valence-electron chi connectivity index (χ0n) is 14.3. The van der Waals surface area contributed by atoms with Crippen LogP contribution in [0, 0.1) is 3.57 Å².